The van der Waals surface area contributed by atoms with E-state index in [2.05, 4.69) is 166 Å². The van der Waals surface area contributed by atoms with Gasteiger partial charge in [0, 0.05) is 27.8 Å². The largest absolute Gasteiger partial charge is 0.355 e. The van der Waals surface area contributed by atoms with E-state index in [1.54, 1.807) is 0 Å². The Balaban J connectivity index is 1.16. The molecule has 6 aromatic rings. The molecular weight excluding hydrogens is 518 g/mol. The van der Waals surface area contributed by atoms with Crippen LogP contribution in [-0.2, 0) is 10.8 Å². The first-order valence-corrected chi connectivity index (χ1v) is 15.3. The lowest BCUT2D eigenvalue weighted by atomic mass is 9.81. The van der Waals surface area contributed by atoms with Crippen LogP contribution in [0.5, 0.6) is 0 Å². The molecule has 8 rings (SSSR count). The highest BCUT2D eigenvalue weighted by atomic mass is 14.9. The molecular formula is C42H35N. The first-order valence-electron chi connectivity index (χ1n) is 15.3. The molecule has 2 aliphatic rings. The van der Waals surface area contributed by atoms with Crippen molar-refractivity contribution in [2.24, 2.45) is 0 Å². The molecule has 0 spiro atoms. The van der Waals surface area contributed by atoms with Gasteiger partial charge in [0.25, 0.3) is 0 Å². The Hall–Kier alpha value is -4.88. The van der Waals surface area contributed by atoms with Crippen molar-refractivity contribution in [2.45, 2.75) is 38.5 Å². The lowest BCUT2D eigenvalue weighted by molar-refractivity contribution is 0.660. The molecule has 0 bridgehead atoms. The van der Waals surface area contributed by atoms with Gasteiger partial charge >= 0.3 is 0 Å². The van der Waals surface area contributed by atoms with E-state index in [4.69, 9.17) is 0 Å². The van der Waals surface area contributed by atoms with Crippen LogP contribution in [0.2, 0.25) is 0 Å². The van der Waals surface area contributed by atoms with Gasteiger partial charge in [-0.25, -0.2) is 0 Å². The topological polar surface area (TPSA) is 12.0 Å². The van der Waals surface area contributed by atoms with Gasteiger partial charge < -0.3 is 5.32 Å². The fraction of sp³-hybridized carbons (Fsp3) is 0.143. The predicted molar refractivity (Wildman–Crippen MR) is 182 cm³/mol. The quantitative estimate of drug-likeness (QED) is 0.229. The summed E-state index contributed by atoms with van der Waals surface area (Å²) < 4.78 is 0. The van der Waals surface area contributed by atoms with Crippen molar-refractivity contribution in [2.75, 3.05) is 5.32 Å². The molecule has 0 fully saturated rings. The number of nitrogens with one attached hydrogen (secondary N) is 1. The van der Waals surface area contributed by atoms with Gasteiger partial charge in [0.1, 0.15) is 0 Å². The maximum Gasteiger partial charge on any atom is 0.0467 e. The second-order valence-corrected chi connectivity index (χ2v) is 13.1. The van der Waals surface area contributed by atoms with Gasteiger partial charge in [-0.2, -0.15) is 0 Å². The van der Waals surface area contributed by atoms with Crippen molar-refractivity contribution >= 4 is 11.4 Å². The highest BCUT2D eigenvalue weighted by Gasteiger charge is 2.37. The van der Waals surface area contributed by atoms with Crippen LogP contribution in [-0.4, -0.2) is 0 Å². The summed E-state index contributed by atoms with van der Waals surface area (Å²) in [5.41, 5.74) is 18.1. The molecule has 1 heteroatoms. The van der Waals surface area contributed by atoms with Crippen LogP contribution in [0, 0.1) is 0 Å². The summed E-state index contributed by atoms with van der Waals surface area (Å²) in [6.07, 6.45) is 0. The maximum atomic E-state index is 3.81. The molecule has 0 aromatic heterocycles. The maximum absolute atomic E-state index is 3.81. The molecule has 1 N–H and O–H groups in total. The van der Waals surface area contributed by atoms with Crippen molar-refractivity contribution in [3.05, 3.63) is 156 Å². The lowest BCUT2D eigenvalue weighted by Crippen LogP contribution is -2.15. The fourth-order valence-electron chi connectivity index (χ4n) is 7.49. The van der Waals surface area contributed by atoms with Crippen LogP contribution >= 0.6 is 0 Å². The van der Waals surface area contributed by atoms with Crippen molar-refractivity contribution in [1.29, 1.82) is 0 Å². The second kappa shape index (κ2) is 9.31. The van der Waals surface area contributed by atoms with Crippen molar-refractivity contribution in [3.63, 3.8) is 0 Å². The molecule has 2 aliphatic carbocycles. The van der Waals surface area contributed by atoms with E-state index < -0.39 is 0 Å². The van der Waals surface area contributed by atoms with E-state index in [1.165, 1.54) is 66.8 Å². The Kier molecular flexibility index (Phi) is 5.59. The second-order valence-electron chi connectivity index (χ2n) is 13.1. The van der Waals surface area contributed by atoms with E-state index in [9.17, 15) is 0 Å². The molecule has 0 radical (unpaired) electrons. The Bertz CT molecular complexity index is 2030. The van der Waals surface area contributed by atoms with Crippen LogP contribution in [0.15, 0.2) is 133 Å². The third kappa shape index (κ3) is 3.92. The Morgan fingerprint density at radius 1 is 0.372 bits per heavy atom. The zero-order valence-electron chi connectivity index (χ0n) is 25.2. The SMILES string of the molecule is CC1(C)c2ccccc2-c2ccc(-c3ccc(Nc4cc5c(cc4-c4ccccc4)-c4ccccc4C5(C)C)cc3)cc21. The molecule has 0 saturated carbocycles. The number of benzene rings is 6. The van der Waals surface area contributed by atoms with Crippen LogP contribution in [0.25, 0.3) is 44.5 Å². The third-order valence-electron chi connectivity index (χ3n) is 9.89. The summed E-state index contributed by atoms with van der Waals surface area (Å²) in [5, 5.41) is 3.81. The standard InChI is InChI=1S/C42H35N/c1-41(2)36-16-10-8-14-31(36)33-23-20-29(24-38(33)41)27-18-21-30(22-19-27)43-40-26-39-35(25-34(40)28-12-6-5-7-13-28)32-15-9-11-17-37(32)42(39,3)4/h5-26,43H,1-4H3. The summed E-state index contributed by atoms with van der Waals surface area (Å²) in [7, 11) is 0. The highest BCUT2D eigenvalue weighted by molar-refractivity contribution is 5.91. The average molecular weight is 554 g/mol. The predicted octanol–water partition coefficient (Wildman–Crippen LogP) is 11.4. The zero-order chi connectivity index (χ0) is 29.3. The monoisotopic (exact) mass is 553 g/mol. The number of fused-ring (bicyclic) bond motifs is 6. The minimum Gasteiger partial charge on any atom is -0.355 e. The van der Waals surface area contributed by atoms with Gasteiger partial charge in [-0.1, -0.05) is 131 Å². The summed E-state index contributed by atoms with van der Waals surface area (Å²) in [4.78, 5) is 0. The van der Waals surface area contributed by atoms with E-state index in [0.717, 1.165) is 11.4 Å². The van der Waals surface area contributed by atoms with Crippen LogP contribution in [0.1, 0.15) is 49.9 Å². The molecule has 0 atom stereocenters. The zero-order valence-corrected chi connectivity index (χ0v) is 25.2. The summed E-state index contributed by atoms with van der Waals surface area (Å²) in [6.45, 7) is 9.37. The third-order valence-corrected chi connectivity index (χ3v) is 9.89. The van der Waals surface area contributed by atoms with Crippen molar-refractivity contribution in [1.82, 2.24) is 0 Å². The summed E-state index contributed by atoms with van der Waals surface area (Å²) >= 11 is 0. The minimum atomic E-state index is -0.0531. The highest BCUT2D eigenvalue weighted by Crippen LogP contribution is 2.52. The number of hydrogen-bond donors (Lipinski definition) is 1. The summed E-state index contributed by atoms with van der Waals surface area (Å²) in [6, 6.07) is 49.1. The summed E-state index contributed by atoms with van der Waals surface area (Å²) in [5.74, 6) is 0. The molecule has 0 unspecified atom stereocenters. The van der Waals surface area contributed by atoms with Crippen LogP contribution in [0.3, 0.4) is 0 Å². The Labute approximate surface area is 254 Å². The molecule has 43 heavy (non-hydrogen) atoms. The average Bonchev–Trinajstić information content (AvgIpc) is 3.41. The minimum absolute atomic E-state index is 0.00171. The van der Waals surface area contributed by atoms with E-state index in [1.807, 2.05) is 0 Å². The van der Waals surface area contributed by atoms with Crippen LogP contribution in [0.4, 0.5) is 11.4 Å². The van der Waals surface area contributed by atoms with Gasteiger partial charge in [0.2, 0.25) is 0 Å². The first kappa shape index (κ1) is 25.8. The van der Waals surface area contributed by atoms with E-state index in [-0.39, 0.29) is 10.8 Å². The van der Waals surface area contributed by atoms with Crippen molar-refractivity contribution in [3.8, 4) is 44.5 Å². The Morgan fingerprint density at radius 2 is 0.907 bits per heavy atom. The van der Waals surface area contributed by atoms with Gasteiger partial charge in [-0.3, -0.25) is 0 Å². The number of anilines is 2. The molecule has 0 amide bonds. The lowest BCUT2D eigenvalue weighted by Gasteiger charge is -2.23. The molecule has 0 saturated heterocycles. The van der Waals surface area contributed by atoms with Crippen molar-refractivity contribution < 1.29 is 0 Å². The van der Waals surface area contributed by atoms with Gasteiger partial charge in [-0.15, -0.1) is 0 Å². The molecule has 208 valence electrons. The van der Waals surface area contributed by atoms with E-state index >= 15 is 0 Å². The van der Waals surface area contributed by atoms with Crippen LogP contribution < -0.4 is 5.32 Å². The molecule has 0 heterocycles. The smallest absolute Gasteiger partial charge is 0.0467 e. The van der Waals surface area contributed by atoms with E-state index in [0.29, 0.717) is 0 Å². The Morgan fingerprint density at radius 3 is 1.58 bits per heavy atom. The molecule has 6 aromatic carbocycles. The molecule has 0 aliphatic heterocycles. The molecule has 1 nitrogen and oxygen atoms in total. The van der Waals surface area contributed by atoms with Gasteiger partial charge in [0.15, 0.2) is 0 Å². The number of hydrogen-bond acceptors (Lipinski definition) is 1. The normalized spacial score (nSPS) is 14.9. The van der Waals surface area contributed by atoms with Gasteiger partial charge in [-0.05, 0) is 91.5 Å². The first-order chi connectivity index (χ1) is 20.8. The number of rotatable bonds is 4. The fourth-order valence-corrected chi connectivity index (χ4v) is 7.49. The van der Waals surface area contributed by atoms with Gasteiger partial charge in [0.05, 0.1) is 0 Å².